The highest BCUT2D eigenvalue weighted by molar-refractivity contribution is 9.10. The monoisotopic (exact) mass is 309 g/mol. The molecule has 6 heteroatoms. The molecule has 0 saturated carbocycles. The summed E-state index contributed by atoms with van der Waals surface area (Å²) in [5.41, 5.74) is 1.16. The molecule has 0 spiro atoms. The molecule has 2 N–H and O–H groups in total. The first-order valence-corrected chi connectivity index (χ1v) is 6.60. The number of halogens is 1. The summed E-state index contributed by atoms with van der Waals surface area (Å²) in [6.45, 7) is 0.982. The molecule has 1 saturated heterocycles. The molecule has 2 aromatic heterocycles. The topological polar surface area (TPSA) is 66.6 Å². The van der Waals surface area contributed by atoms with Crippen molar-refractivity contribution < 1.29 is 9.90 Å². The Bertz CT molecular complexity index is 617. The zero-order valence-electron chi connectivity index (χ0n) is 9.56. The molecule has 1 fully saturated rings. The number of hydrogen-bond acceptors (Lipinski definition) is 3. The summed E-state index contributed by atoms with van der Waals surface area (Å²) in [6, 6.07) is 3.57. The van der Waals surface area contributed by atoms with Gasteiger partial charge in [-0.15, -0.1) is 0 Å². The number of aromatic carboxylic acids is 1. The van der Waals surface area contributed by atoms with Gasteiger partial charge in [-0.3, -0.25) is 0 Å². The Labute approximate surface area is 112 Å². The van der Waals surface area contributed by atoms with Crippen LogP contribution in [0.5, 0.6) is 0 Å². The number of aromatic nitrogens is 2. The normalized spacial score (nSPS) is 19.5. The second-order valence-electron chi connectivity index (χ2n) is 4.39. The minimum absolute atomic E-state index is 0.202. The number of nitrogens with one attached hydrogen (secondary N) is 1. The summed E-state index contributed by atoms with van der Waals surface area (Å²) in [5, 5.41) is 12.4. The quantitative estimate of drug-likeness (QED) is 0.892. The van der Waals surface area contributed by atoms with Gasteiger partial charge in [0.05, 0.1) is 17.1 Å². The fourth-order valence-corrected chi connectivity index (χ4v) is 2.85. The van der Waals surface area contributed by atoms with Crippen LogP contribution in [0.3, 0.4) is 0 Å². The first-order chi connectivity index (χ1) is 8.66. The molecule has 0 amide bonds. The summed E-state index contributed by atoms with van der Waals surface area (Å²) in [7, 11) is 0. The van der Waals surface area contributed by atoms with Crippen molar-refractivity contribution in [2.24, 2.45) is 0 Å². The summed E-state index contributed by atoms with van der Waals surface area (Å²) >= 11 is 3.42. The van der Waals surface area contributed by atoms with Crippen molar-refractivity contribution in [3.05, 3.63) is 34.3 Å². The van der Waals surface area contributed by atoms with Gasteiger partial charge >= 0.3 is 5.97 Å². The van der Waals surface area contributed by atoms with Crippen molar-refractivity contribution in [1.29, 1.82) is 0 Å². The maximum atomic E-state index is 11.0. The van der Waals surface area contributed by atoms with Crippen molar-refractivity contribution >= 4 is 27.4 Å². The van der Waals surface area contributed by atoms with Crippen molar-refractivity contribution in [1.82, 2.24) is 14.7 Å². The molecule has 5 nitrogen and oxygen atoms in total. The third-order valence-electron chi connectivity index (χ3n) is 3.24. The van der Waals surface area contributed by atoms with Crippen molar-refractivity contribution in [2.75, 3.05) is 6.54 Å². The Morgan fingerprint density at radius 1 is 1.56 bits per heavy atom. The summed E-state index contributed by atoms with van der Waals surface area (Å²) in [6.07, 6.45) is 3.78. The number of imidazole rings is 1. The van der Waals surface area contributed by atoms with Crippen LogP contribution in [0.25, 0.3) is 5.52 Å². The molecule has 1 unspecified atom stereocenters. The predicted molar refractivity (Wildman–Crippen MR) is 69.8 cm³/mol. The fraction of sp³-hybridized carbons (Fsp3) is 0.333. The van der Waals surface area contributed by atoms with Crippen LogP contribution in [0.1, 0.15) is 35.1 Å². The minimum Gasteiger partial charge on any atom is -0.478 e. The van der Waals surface area contributed by atoms with Gasteiger partial charge < -0.3 is 14.8 Å². The molecule has 3 heterocycles. The van der Waals surface area contributed by atoms with Crippen molar-refractivity contribution in [3.63, 3.8) is 0 Å². The van der Waals surface area contributed by atoms with Crippen LogP contribution in [0.2, 0.25) is 0 Å². The Kier molecular flexibility index (Phi) is 2.83. The van der Waals surface area contributed by atoms with Gasteiger partial charge in [0.25, 0.3) is 0 Å². The van der Waals surface area contributed by atoms with Crippen molar-refractivity contribution in [3.8, 4) is 0 Å². The van der Waals surface area contributed by atoms with E-state index >= 15 is 0 Å². The minimum atomic E-state index is -0.924. The number of carbonyl (C=O) groups is 1. The van der Waals surface area contributed by atoms with E-state index in [1.807, 2.05) is 4.40 Å². The Morgan fingerprint density at radius 2 is 2.39 bits per heavy atom. The van der Waals surface area contributed by atoms with Crippen molar-refractivity contribution in [2.45, 2.75) is 18.9 Å². The maximum Gasteiger partial charge on any atom is 0.337 e. The standard InChI is InChI=1S/C12H12BrN3O2/c13-10-9-4-3-7(12(17)18)6-16(9)11(15-10)8-2-1-5-14-8/h3-4,6,8,14H,1-2,5H2,(H,17,18). The number of rotatable bonds is 2. The van der Waals surface area contributed by atoms with Gasteiger partial charge in [0.15, 0.2) is 0 Å². The van der Waals surface area contributed by atoms with Gasteiger partial charge in [0.1, 0.15) is 10.4 Å². The van der Waals surface area contributed by atoms with Crippen LogP contribution in [-0.4, -0.2) is 27.0 Å². The molecule has 1 atom stereocenters. The van der Waals surface area contributed by atoms with E-state index in [9.17, 15) is 4.79 Å². The zero-order chi connectivity index (χ0) is 12.7. The van der Waals surface area contributed by atoms with Crippen LogP contribution in [0.4, 0.5) is 0 Å². The Balaban J connectivity index is 2.18. The number of hydrogen-bond donors (Lipinski definition) is 2. The maximum absolute atomic E-state index is 11.0. The van der Waals surface area contributed by atoms with Crippen LogP contribution < -0.4 is 5.32 Å². The summed E-state index contributed by atoms with van der Waals surface area (Å²) in [4.78, 5) is 15.5. The highest BCUT2D eigenvalue weighted by Crippen LogP contribution is 2.27. The van der Waals surface area contributed by atoms with Gasteiger partial charge in [-0.1, -0.05) is 0 Å². The van der Waals surface area contributed by atoms with Crippen LogP contribution in [0.15, 0.2) is 22.9 Å². The molecule has 2 aromatic rings. The molecule has 0 bridgehead atoms. The average Bonchev–Trinajstić information content (AvgIpc) is 2.97. The van der Waals surface area contributed by atoms with Gasteiger partial charge in [0, 0.05) is 6.20 Å². The van der Waals surface area contributed by atoms with E-state index in [1.54, 1.807) is 18.3 Å². The van der Waals surface area contributed by atoms with Gasteiger partial charge in [-0.25, -0.2) is 9.78 Å². The van der Waals surface area contributed by atoms with E-state index in [4.69, 9.17) is 5.11 Å². The lowest BCUT2D eigenvalue weighted by atomic mass is 10.2. The fourth-order valence-electron chi connectivity index (χ4n) is 2.35. The number of pyridine rings is 1. The molecule has 1 aliphatic rings. The van der Waals surface area contributed by atoms with E-state index < -0.39 is 5.97 Å². The molecule has 1 aliphatic heterocycles. The highest BCUT2D eigenvalue weighted by atomic mass is 79.9. The summed E-state index contributed by atoms with van der Waals surface area (Å²) < 4.78 is 2.61. The predicted octanol–water partition coefficient (Wildman–Crippen LogP) is 2.22. The smallest absolute Gasteiger partial charge is 0.337 e. The molecule has 0 aromatic carbocycles. The third kappa shape index (κ3) is 1.81. The largest absolute Gasteiger partial charge is 0.478 e. The van der Waals surface area contributed by atoms with Crippen LogP contribution >= 0.6 is 15.9 Å². The first-order valence-electron chi connectivity index (χ1n) is 5.81. The molecule has 3 rings (SSSR count). The second-order valence-corrected chi connectivity index (χ2v) is 5.14. The summed E-state index contributed by atoms with van der Waals surface area (Å²) in [5.74, 6) is -0.0514. The van der Waals surface area contributed by atoms with Gasteiger partial charge in [0.2, 0.25) is 0 Å². The lowest BCUT2D eigenvalue weighted by Crippen LogP contribution is -2.16. The average molecular weight is 310 g/mol. The van der Waals surface area contributed by atoms with E-state index in [2.05, 4.69) is 26.2 Å². The Morgan fingerprint density at radius 3 is 3.06 bits per heavy atom. The van der Waals surface area contributed by atoms with E-state index in [1.165, 1.54) is 0 Å². The van der Waals surface area contributed by atoms with Crippen LogP contribution in [0, 0.1) is 0 Å². The number of nitrogens with zero attached hydrogens (tertiary/aromatic N) is 2. The molecule has 94 valence electrons. The molecule has 18 heavy (non-hydrogen) atoms. The first kappa shape index (κ1) is 11.7. The van der Waals surface area contributed by atoms with Crippen LogP contribution in [-0.2, 0) is 0 Å². The second kappa shape index (κ2) is 4.37. The molecular formula is C12H12BrN3O2. The molecule has 0 aliphatic carbocycles. The Hall–Kier alpha value is -1.40. The SMILES string of the molecule is O=C(O)c1ccc2c(Br)nc(C3CCCN3)n2c1. The third-order valence-corrected chi connectivity index (χ3v) is 3.82. The van der Waals surface area contributed by atoms with E-state index in [0.717, 1.165) is 35.3 Å². The number of carboxylic acids is 1. The number of fused-ring (bicyclic) bond motifs is 1. The highest BCUT2D eigenvalue weighted by Gasteiger charge is 2.22. The molecule has 0 radical (unpaired) electrons. The lowest BCUT2D eigenvalue weighted by Gasteiger charge is -2.09. The van der Waals surface area contributed by atoms with Gasteiger partial charge in [-0.05, 0) is 47.4 Å². The van der Waals surface area contributed by atoms with E-state index in [-0.39, 0.29) is 11.6 Å². The molecular weight excluding hydrogens is 298 g/mol. The lowest BCUT2D eigenvalue weighted by molar-refractivity contribution is 0.0696. The zero-order valence-corrected chi connectivity index (χ0v) is 11.1. The number of carboxylic acid groups (broad SMARTS) is 1. The van der Waals surface area contributed by atoms with Gasteiger partial charge in [-0.2, -0.15) is 0 Å². The van der Waals surface area contributed by atoms with E-state index in [0.29, 0.717) is 0 Å².